The number of pyridine rings is 1. The van der Waals surface area contributed by atoms with Gasteiger partial charge in [0.15, 0.2) is 11.6 Å². The molecule has 2 aromatic heterocycles. The normalized spacial score (nSPS) is 12.6. The number of nitrogens with one attached hydrogen (secondary N) is 2. The summed E-state index contributed by atoms with van der Waals surface area (Å²) < 4.78 is 42.5. The second kappa shape index (κ2) is 15.4. The summed E-state index contributed by atoms with van der Waals surface area (Å²) >= 11 is 0. The van der Waals surface area contributed by atoms with E-state index in [1.165, 1.54) is 29.3 Å². The van der Waals surface area contributed by atoms with E-state index in [0.29, 0.717) is 0 Å². The van der Waals surface area contributed by atoms with Crippen molar-refractivity contribution in [1.82, 2.24) is 24.3 Å². The first-order valence-electron chi connectivity index (χ1n) is 15.6. The average molecular weight is 687 g/mol. The lowest BCUT2D eigenvalue weighted by Crippen LogP contribution is -2.44. The Kier molecular flexibility index (Phi) is 12.1. The molecule has 0 saturated heterocycles. The number of amides is 3. The van der Waals surface area contributed by atoms with E-state index in [2.05, 4.69) is 20.4 Å². The number of allylic oxidation sites excluding steroid dienone is 1. The Morgan fingerprint density at radius 2 is 1.78 bits per heavy atom. The number of likely N-dealkylation sites (N-methyl/N-ethyl adjacent to an activating group) is 1. The number of anilines is 1. The highest BCUT2D eigenvalue weighted by molar-refractivity contribution is 5.96. The van der Waals surface area contributed by atoms with Crippen LogP contribution >= 0.6 is 0 Å². The summed E-state index contributed by atoms with van der Waals surface area (Å²) in [5, 5.41) is 4.94. The highest BCUT2D eigenvalue weighted by Gasteiger charge is 2.29. The van der Waals surface area contributed by atoms with E-state index in [-0.39, 0.29) is 59.8 Å². The van der Waals surface area contributed by atoms with Crippen molar-refractivity contribution in [2.75, 3.05) is 26.5 Å². The Balaban J connectivity index is 2.03. The number of hydrogen-bond donors (Lipinski definition) is 2. The molecule has 13 nitrogen and oxygen atoms in total. The minimum absolute atomic E-state index is 0.0236. The number of hydrogen-bond acceptors (Lipinski definition) is 8. The molecule has 49 heavy (non-hydrogen) atoms. The Labute approximate surface area is 283 Å². The van der Waals surface area contributed by atoms with Crippen molar-refractivity contribution in [2.24, 2.45) is 5.41 Å². The maximum Gasteiger partial charge on any atom is 0.420 e. The van der Waals surface area contributed by atoms with Crippen LogP contribution in [0.25, 0.3) is 11.0 Å². The Bertz CT molecular complexity index is 1820. The van der Waals surface area contributed by atoms with Gasteiger partial charge in [-0.1, -0.05) is 26.8 Å². The minimum Gasteiger partial charge on any atom is -0.453 e. The first-order valence-corrected chi connectivity index (χ1v) is 15.6. The van der Waals surface area contributed by atoms with Crippen molar-refractivity contribution in [1.29, 1.82) is 0 Å². The molecule has 0 bridgehead atoms. The number of alkyl carbamates (subject to hydrolysis) is 1. The van der Waals surface area contributed by atoms with E-state index in [1.54, 1.807) is 40.9 Å². The van der Waals surface area contributed by atoms with Crippen LogP contribution in [0.1, 0.15) is 65.8 Å². The van der Waals surface area contributed by atoms with E-state index in [1.807, 2.05) is 20.8 Å². The van der Waals surface area contributed by atoms with Crippen molar-refractivity contribution in [2.45, 2.75) is 79.0 Å². The molecular weight excluding hydrogens is 642 g/mol. The Hall–Kier alpha value is -5.08. The predicted octanol–water partition coefficient (Wildman–Crippen LogP) is 4.98. The van der Waals surface area contributed by atoms with E-state index in [9.17, 15) is 28.4 Å². The molecular formula is C34H44F2N6O7. The summed E-state index contributed by atoms with van der Waals surface area (Å²) in [5.74, 6) is -3.28. The van der Waals surface area contributed by atoms with Crippen LogP contribution in [0.15, 0.2) is 41.3 Å². The molecule has 0 saturated carbocycles. The van der Waals surface area contributed by atoms with Crippen molar-refractivity contribution >= 4 is 40.7 Å². The maximum atomic E-state index is 15.2. The quantitative estimate of drug-likeness (QED) is 0.283. The molecule has 3 rings (SSSR count). The van der Waals surface area contributed by atoms with E-state index >= 15 is 4.39 Å². The predicted molar refractivity (Wildman–Crippen MR) is 179 cm³/mol. The molecule has 0 aliphatic rings. The number of rotatable bonds is 10. The molecule has 2 N–H and O–H groups in total. The number of ether oxygens (including phenoxy) is 2. The van der Waals surface area contributed by atoms with Gasteiger partial charge in [0.2, 0.25) is 11.8 Å². The molecule has 1 unspecified atom stereocenters. The maximum absolute atomic E-state index is 15.2. The van der Waals surface area contributed by atoms with Gasteiger partial charge >= 0.3 is 12.2 Å². The molecule has 0 aliphatic carbocycles. The van der Waals surface area contributed by atoms with Gasteiger partial charge in [-0.2, -0.15) is 0 Å². The molecule has 1 atom stereocenters. The number of benzene rings is 1. The van der Waals surface area contributed by atoms with Gasteiger partial charge < -0.3 is 29.6 Å². The number of methoxy groups -OCH3 is 1. The summed E-state index contributed by atoms with van der Waals surface area (Å²) in [6.07, 6.45) is 2.91. The van der Waals surface area contributed by atoms with Crippen LogP contribution < -0.4 is 16.2 Å². The number of aromatic nitrogens is 3. The monoisotopic (exact) mass is 686 g/mol. The largest absolute Gasteiger partial charge is 0.453 e. The minimum atomic E-state index is -1.17. The number of halogens is 2. The first kappa shape index (κ1) is 38.4. The smallest absolute Gasteiger partial charge is 0.420 e. The topological polar surface area (TPSA) is 154 Å². The molecule has 3 amide bonds. The molecule has 0 radical (unpaired) electrons. The van der Waals surface area contributed by atoms with E-state index in [0.717, 1.165) is 22.3 Å². The van der Waals surface area contributed by atoms with Gasteiger partial charge in [0.25, 0.3) is 5.56 Å². The van der Waals surface area contributed by atoms with Gasteiger partial charge in [-0.15, -0.1) is 0 Å². The third-order valence-electron chi connectivity index (χ3n) is 7.00. The van der Waals surface area contributed by atoms with Gasteiger partial charge in [-0.3, -0.25) is 14.4 Å². The molecule has 0 fully saturated rings. The average Bonchev–Trinajstić information content (AvgIpc) is 3.34. The lowest BCUT2D eigenvalue weighted by molar-refractivity contribution is -0.123. The second-order valence-corrected chi connectivity index (χ2v) is 13.8. The number of nitrogens with zero attached hydrogens (tertiary/aromatic N) is 4. The number of imidazole rings is 1. The van der Waals surface area contributed by atoms with Crippen LogP contribution in [-0.2, 0) is 32.0 Å². The van der Waals surface area contributed by atoms with Crippen LogP contribution in [0.3, 0.4) is 0 Å². The highest BCUT2D eigenvalue weighted by Crippen LogP contribution is 2.31. The molecule has 266 valence electrons. The number of carbonyl (C=O) groups is 4. The summed E-state index contributed by atoms with van der Waals surface area (Å²) in [6.45, 7) is 10.1. The van der Waals surface area contributed by atoms with Crippen LogP contribution in [0, 0.1) is 17.0 Å². The van der Waals surface area contributed by atoms with Crippen molar-refractivity contribution < 1.29 is 37.4 Å². The van der Waals surface area contributed by atoms with Crippen molar-refractivity contribution in [3.8, 4) is 0 Å². The van der Waals surface area contributed by atoms with Gasteiger partial charge in [0.05, 0.1) is 24.7 Å². The van der Waals surface area contributed by atoms with Crippen molar-refractivity contribution in [3.63, 3.8) is 0 Å². The zero-order valence-corrected chi connectivity index (χ0v) is 29.3. The molecule has 2 heterocycles. The SMILES string of the molecule is COC(=O)NC(CC/C=C/C(=O)N(C)C)C(=O)Nc1cccn(Cc2nc3c(CC(C)(C)C)c(F)c(F)cc3n2C(=O)OC(C)(C)C)c1=O. The third kappa shape index (κ3) is 10.2. The summed E-state index contributed by atoms with van der Waals surface area (Å²) in [5.41, 5.74) is -2.29. The zero-order chi connectivity index (χ0) is 36.8. The standard InChI is InChI=1S/C34H44F2N6O7/c1-33(2,3)18-20-27(36)21(35)17-24-28(20)39-25(42(24)32(47)49-34(4,5)6)19-41-16-12-14-23(30(41)45)37-29(44)22(38-31(46)48-9)13-10-11-15-26(43)40(7)8/h11-12,14-17,22H,10,13,18-19H2,1-9H3,(H,37,44)(H,38,46)/b15-11+. The lowest BCUT2D eigenvalue weighted by Gasteiger charge is -2.21. The van der Waals surface area contributed by atoms with Gasteiger partial charge in [0.1, 0.15) is 23.2 Å². The fraction of sp³-hybridized carbons (Fsp3) is 0.471. The first-order chi connectivity index (χ1) is 22.7. The summed E-state index contributed by atoms with van der Waals surface area (Å²) in [4.78, 5) is 70.0. The van der Waals surface area contributed by atoms with Crippen molar-refractivity contribution in [3.05, 3.63) is 69.9 Å². The molecule has 15 heteroatoms. The van der Waals surface area contributed by atoms with Crippen LogP contribution in [-0.4, -0.2) is 75.9 Å². The highest BCUT2D eigenvalue weighted by atomic mass is 19.2. The second-order valence-electron chi connectivity index (χ2n) is 13.8. The Morgan fingerprint density at radius 3 is 2.37 bits per heavy atom. The molecule has 0 aliphatic heterocycles. The zero-order valence-electron chi connectivity index (χ0n) is 29.3. The number of carbonyl (C=O) groups excluding carboxylic acids is 4. The molecule has 3 aromatic rings. The number of fused-ring (bicyclic) bond motifs is 1. The van der Waals surface area contributed by atoms with E-state index in [4.69, 9.17) is 4.74 Å². The van der Waals surface area contributed by atoms with Gasteiger partial charge in [-0.05, 0) is 63.7 Å². The fourth-order valence-electron chi connectivity index (χ4n) is 4.77. The molecule has 0 spiro atoms. The summed E-state index contributed by atoms with van der Waals surface area (Å²) in [7, 11) is 4.31. The van der Waals surface area contributed by atoms with E-state index < -0.39 is 52.3 Å². The van der Waals surface area contributed by atoms with Gasteiger partial charge in [0, 0.05) is 31.9 Å². The van der Waals surface area contributed by atoms with Gasteiger partial charge in [-0.25, -0.2) is 27.9 Å². The van der Waals surface area contributed by atoms with Crippen LogP contribution in [0.5, 0.6) is 0 Å². The van der Waals surface area contributed by atoms with Crippen LogP contribution in [0.2, 0.25) is 0 Å². The molecule has 1 aromatic carbocycles. The third-order valence-corrected chi connectivity index (χ3v) is 7.00. The van der Waals surface area contributed by atoms with Crippen LogP contribution in [0.4, 0.5) is 24.1 Å². The fourth-order valence-corrected chi connectivity index (χ4v) is 4.77. The Morgan fingerprint density at radius 1 is 1.10 bits per heavy atom. The lowest BCUT2D eigenvalue weighted by atomic mass is 9.87. The summed E-state index contributed by atoms with van der Waals surface area (Å²) in [6, 6.07) is 2.56.